The molecule has 2 N–H and O–H groups in total. The highest BCUT2D eigenvalue weighted by Crippen LogP contribution is 2.37. The van der Waals surface area contributed by atoms with Crippen molar-refractivity contribution < 1.29 is 14.3 Å². The zero-order valence-electron chi connectivity index (χ0n) is 13.8. The molecule has 0 aliphatic rings. The molecule has 0 saturated heterocycles. The van der Waals surface area contributed by atoms with E-state index in [1.807, 2.05) is 18.2 Å². The maximum atomic E-state index is 14.5. The zero-order valence-corrected chi connectivity index (χ0v) is 16.2. The van der Waals surface area contributed by atoms with Gasteiger partial charge in [0.2, 0.25) is 5.43 Å². The number of carboxylic acid groups (broad SMARTS) is 1. The van der Waals surface area contributed by atoms with Crippen LogP contribution >= 0.6 is 34.7 Å². The first-order valence-electron chi connectivity index (χ1n) is 7.78. The average Bonchev–Trinajstić information content (AvgIpc) is 3.12. The number of nitrogens with zero attached hydrogens (tertiary/aromatic N) is 2. The number of aromatic nitrogens is 3. The molecule has 0 amide bonds. The Morgan fingerprint density at radius 2 is 2.04 bits per heavy atom. The first kappa shape index (κ1) is 18.6. The summed E-state index contributed by atoms with van der Waals surface area (Å²) >= 11 is 8.48. The van der Waals surface area contributed by atoms with Crippen LogP contribution in [0.2, 0.25) is 5.02 Å². The molecule has 2 aromatic heterocycles. The fourth-order valence-corrected chi connectivity index (χ4v) is 4.72. The largest absolute Gasteiger partial charge is 0.477 e. The van der Waals surface area contributed by atoms with Gasteiger partial charge in [0.1, 0.15) is 16.4 Å². The molecule has 2 heterocycles. The van der Waals surface area contributed by atoms with Crippen molar-refractivity contribution in [3.8, 4) is 10.6 Å². The minimum absolute atomic E-state index is 0.0317. The first-order chi connectivity index (χ1) is 13.4. The number of aromatic amines is 1. The van der Waals surface area contributed by atoms with Crippen molar-refractivity contribution in [2.75, 3.05) is 0 Å². The number of nitrogens with one attached hydrogen (secondary N) is 1. The van der Waals surface area contributed by atoms with Crippen LogP contribution in [0.25, 0.3) is 21.5 Å². The van der Waals surface area contributed by atoms with Gasteiger partial charge in [0.15, 0.2) is 4.34 Å². The van der Waals surface area contributed by atoms with Gasteiger partial charge in [-0.3, -0.25) is 4.79 Å². The molecule has 6 nitrogen and oxygen atoms in total. The lowest BCUT2D eigenvalue weighted by Crippen LogP contribution is -2.15. The fraction of sp³-hybridized carbons (Fsp3) is 0. The van der Waals surface area contributed by atoms with Gasteiger partial charge in [-0.05, 0) is 18.2 Å². The Morgan fingerprint density at radius 1 is 1.25 bits per heavy atom. The van der Waals surface area contributed by atoms with Crippen LogP contribution < -0.4 is 5.43 Å². The summed E-state index contributed by atoms with van der Waals surface area (Å²) in [6, 6.07) is 9.68. The van der Waals surface area contributed by atoms with Gasteiger partial charge >= 0.3 is 5.97 Å². The smallest absolute Gasteiger partial charge is 0.341 e. The predicted octanol–water partition coefficient (Wildman–Crippen LogP) is 4.69. The summed E-state index contributed by atoms with van der Waals surface area (Å²) in [6.45, 7) is 0. The van der Waals surface area contributed by atoms with E-state index in [4.69, 9.17) is 16.7 Å². The van der Waals surface area contributed by atoms with Gasteiger partial charge in [0.05, 0.1) is 15.4 Å². The molecule has 4 aromatic rings. The quantitative estimate of drug-likeness (QED) is 0.484. The Kier molecular flexibility index (Phi) is 4.88. The summed E-state index contributed by atoms with van der Waals surface area (Å²) in [5.41, 5.74) is -0.123. The number of carboxylic acids is 1. The predicted molar refractivity (Wildman–Crippen MR) is 106 cm³/mol. The third-order valence-electron chi connectivity index (χ3n) is 3.87. The van der Waals surface area contributed by atoms with Gasteiger partial charge in [-0.1, -0.05) is 52.9 Å². The molecule has 0 fully saturated rings. The molecule has 0 spiro atoms. The molecule has 2 aromatic carbocycles. The standard InChI is InChI=1S/C18H9ClFN3O3S2/c19-11-4-2-1-3-8(11)16-22-23-18(28-16)27-14-6-13-9(5-12(14)20)15(24)10(7-21-13)17(25)26/h1-7H,(H,21,24)(H,25,26). The Hall–Kier alpha value is -2.75. The van der Waals surface area contributed by atoms with Crippen LogP contribution in [0.4, 0.5) is 4.39 Å². The van der Waals surface area contributed by atoms with Crippen LogP contribution in [0.5, 0.6) is 0 Å². The summed E-state index contributed by atoms with van der Waals surface area (Å²) in [7, 11) is 0. The van der Waals surface area contributed by atoms with Crippen LogP contribution in [0, 0.1) is 5.82 Å². The lowest BCUT2D eigenvalue weighted by atomic mass is 10.1. The minimum atomic E-state index is -1.37. The summed E-state index contributed by atoms with van der Waals surface area (Å²) in [5, 5.41) is 18.3. The van der Waals surface area contributed by atoms with E-state index in [0.29, 0.717) is 19.9 Å². The van der Waals surface area contributed by atoms with Crippen molar-refractivity contribution in [3.63, 3.8) is 0 Å². The number of halogens is 2. The second-order valence-corrected chi connectivity index (χ2v) is 8.29. The van der Waals surface area contributed by atoms with Gasteiger partial charge in [0.25, 0.3) is 0 Å². The lowest BCUT2D eigenvalue weighted by Gasteiger charge is -2.04. The van der Waals surface area contributed by atoms with Gasteiger partial charge in [-0.2, -0.15) is 0 Å². The molecule has 0 atom stereocenters. The molecule has 140 valence electrons. The molecule has 0 bridgehead atoms. The van der Waals surface area contributed by atoms with Crippen molar-refractivity contribution in [2.24, 2.45) is 0 Å². The van der Waals surface area contributed by atoms with E-state index in [-0.39, 0.29) is 10.3 Å². The lowest BCUT2D eigenvalue weighted by molar-refractivity contribution is 0.0695. The summed E-state index contributed by atoms with van der Waals surface area (Å²) < 4.78 is 15.0. The number of fused-ring (bicyclic) bond motifs is 1. The molecule has 28 heavy (non-hydrogen) atoms. The minimum Gasteiger partial charge on any atom is -0.477 e. The third kappa shape index (κ3) is 3.39. The highest BCUT2D eigenvalue weighted by Gasteiger charge is 2.16. The van der Waals surface area contributed by atoms with E-state index in [2.05, 4.69) is 15.2 Å². The highest BCUT2D eigenvalue weighted by atomic mass is 35.5. The molecule has 0 aliphatic heterocycles. The maximum Gasteiger partial charge on any atom is 0.341 e. The van der Waals surface area contributed by atoms with Crippen molar-refractivity contribution in [3.05, 3.63) is 69.2 Å². The van der Waals surface area contributed by atoms with Crippen LogP contribution in [0.15, 0.2) is 56.6 Å². The zero-order chi connectivity index (χ0) is 19.8. The number of carbonyl (C=O) groups is 1. The van der Waals surface area contributed by atoms with E-state index in [1.54, 1.807) is 6.07 Å². The van der Waals surface area contributed by atoms with Gasteiger partial charge in [-0.25, -0.2) is 9.18 Å². The second-order valence-electron chi connectivity index (χ2n) is 5.62. The number of benzene rings is 2. The topological polar surface area (TPSA) is 95.9 Å². The Bertz CT molecular complexity index is 1290. The summed E-state index contributed by atoms with van der Waals surface area (Å²) in [6.07, 6.45) is 1.10. The number of hydrogen-bond acceptors (Lipinski definition) is 6. The van der Waals surface area contributed by atoms with Gasteiger partial charge in [0, 0.05) is 17.1 Å². The van der Waals surface area contributed by atoms with Crippen molar-refractivity contribution >= 4 is 51.6 Å². The molecule has 4 rings (SSSR count). The third-order valence-corrected chi connectivity index (χ3v) is 6.24. The highest BCUT2D eigenvalue weighted by molar-refractivity contribution is 8.01. The number of aromatic carboxylic acids is 1. The first-order valence-corrected chi connectivity index (χ1v) is 9.79. The monoisotopic (exact) mass is 433 g/mol. The molecule has 0 saturated carbocycles. The van der Waals surface area contributed by atoms with Crippen molar-refractivity contribution in [1.29, 1.82) is 0 Å². The molecule has 0 unspecified atom stereocenters. The van der Waals surface area contributed by atoms with E-state index in [0.717, 1.165) is 29.6 Å². The van der Waals surface area contributed by atoms with Crippen LogP contribution in [-0.2, 0) is 0 Å². The average molecular weight is 434 g/mol. The normalized spacial score (nSPS) is 11.1. The Labute approximate surface area is 170 Å². The van der Waals surface area contributed by atoms with Gasteiger partial charge in [-0.15, -0.1) is 10.2 Å². The molecule has 0 radical (unpaired) electrons. The maximum absolute atomic E-state index is 14.5. The molecular formula is C18H9ClFN3O3S2. The van der Waals surface area contributed by atoms with E-state index >= 15 is 0 Å². The Balaban J connectivity index is 1.70. The van der Waals surface area contributed by atoms with E-state index in [9.17, 15) is 14.0 Å². The molecular weight excluding hydrogens is 425 g/mol. The Morgan fingerprint density at radius 3 is 2.79 bits per heavy atom. The van der Waals surface area contributed by atoms with Crippen molar-refractivity contribution in [1.82, 2.24) is 15.2 Å². The molecule has 0 aliphatic carbocycles. The molecule has 10 heteroatoms. The van der Waals surface area contributed by atoms with E-state index in [1.165, 1.54) is 17.4 Å². The second kappa shape index (κ2) is 7.34. The van der Waals surface area contributed by atoms with Crippen LogP contribution in [0.3, 0.4) is 0 Å². The SMILES string of the molecule is O=C(O)c1c[nH]c2cc(Sc3nnc(-c4ccccc4Cl)s3)c(F)cc2c1=O. The fourth-order valence-electron chi connectivity index (χ4n) is 2.55. The number of H-pyrrole nitrogens is 1. The van der Waals surface area contributed by atoms with E-state index < -0.39 is 22.8 Å². The number of hydrogen-bond donors (Lipinski definition) is 2. The number of rotatable bonds is 4. The van der Waals surface area contributed by atoms with Crippen LogP contribution in [0.1, 0.15) is 10.4 Å². The van der Waals surface area contributed by atoms with Crippen LogP contribution in [-0.4, -0.2) is 26.3 Å². The summed E-state index contributed by atoms with van der Waals surface area (Å²) in [4.78, 5) is 26.2. The summed E-state index contributed by atoms with van der Waals surface area (Å²) in [5.74, 6) is -2.02. The number of pyridine rings is 1. The van der Waals surface area contributed by atoms with Crippen molar-refractivity contribution in [2.45, 2.75) is 9.24 Å². The van der Waals surface area contributed by atoms with Gasteiger partial charge < -0.3 is 10.1 Å².